The minimum atomic E-state index is 0.517. The van der Waals surface area contributed by atoms with Crippen molar-refractivity contribution in [3.63, 3.8) is 0 Å². The van der Waals surface area contributed by atoms with Crippen LogP contribution < -0.4 is 4.90 Å². The van der Waals surface area contributed by atoms with Gasteiger partial charge in [-0.1, -0.05) is 5.21 Å². The number of hydrogen-bond donors (Lipinski definition) is 0. The molecule has 1 saturated heterocycles. The first-order valence-electron chi connectivity index (χ1n) is 6.04. The molecule has 0 unspecified atom stereocenters. The SMILES string of the molecule is C[C@@H]1CCCCN1c1ncnc2c1nnn2C. The second-order valence-electron chi connectivity index (χ2n) is 4.62. The molecule has 0 saturated carbocycles. The first kappa shape index (κ1) is 10.4. The van der Waals surface area contributed by atoms with Crippen LogP contribution in [0, 0.1) is 0 Å². The molecule has 0 spiro atoms. The number of fused-ring (bicyclic) bond motifs is 1. The van der Waals surface area contributed by atoms with Gasteiger partial charge in [0.25, 0.3) is 0 Å². The Kier molecular flexibility index (Phi) is 2.42. The van der Waals surface area contributed by atoms with Gasteiger partial charge in [0.15, 0.2) is 17.0 Å². The summed E-state index contributed by atoms with van der Waals surface area (Å²) in [7, 11) is 1.85. The summed E-state index contributed by atoms with van der Waals surface area (Å²) in [4.78, 5) is 10.9. The van der Waals surface area contributed by atoms with Crippen molar-refractivity contribution in [2.45, 2.75) is 32.2 Å². The molecule has 1 aliphatic heterocycles. The molecule has 0 amide bonds. The molecule has 3 heterocycles. The predicted molar refractivity (Wildman–Crippen MR) is 64.8 cm³/mol. The molecule has 17 heavy (non-hydrogen) atoms. The Bertz CT molecular complexity index is 534. The van der Waals surface area contributed by atoms with Crippen LogP contribution in [0.1, 0.15) is 26.2 Å². The lowest BCUT2D eigenvalue weighted by Crippen LogP contribution is -2.38. The second kappa shape index (κ2) is 3.94. The second-order valence-corrected chi connectivity index (χ2v) is 4.62. The maximum Gasteiger partial charge on any atom is 0.183 e. The van der Waals surface area contributed by atoms with Gasteiger partial charge >= 0.3 is 0 Å². The van der Waals surface area contributed by atoms with Crippen LogP contribution in [0.2, 0.25) is 0 Å². The molecular weight excluding hydrogens is 216 g/mol. The first-order valence-corrected chi connectivity index (χ1v) is 6.04. The number of anilines is 1. The van der Waals surface area contributed by atoms with Gasteiger partial charge in [-0.15, -0.1) is 5.10 Å². The van der Waals surface area contributed by atoms with Gasteiger partial charge in [0, 0.05) is 19.6 Å². The van der Waals surface area contributed by atoms with Crippen molar-refractivity contribution in [1.82, 2.24) is 25.0 Å². The lowest BCUT2D eigenvalue weighted by Gasteiger charge is -2.34. The Morgan fingerprint density at radius 1 is 1.29 bits per heavy atom. The molecule has 0 aliphatic carbocycles. The maximum atomic E-state index is 4.39. The Balaban J connectivity index is 2.10. The molecule has 90 valence electrons. The highest BCUT2D eigenvalue weighted by Crippen LogP contribution is 2.26. The van der Waals surface area contributed by atoms with Crippen LogP contribution in [-0.4, -0.2) is 37.5 Å². The van der Waals surface area contributed by atoms with E-state index in [2.05, 4.69) is 32.1 Å². The lowest BCUT2D eigenvalue weighted by atomic mass is 10.0. The highest BCUT2D eigenvalue weighted by Gasteiger charge is 2.23. The molecule has 0 aromatic carbocycles. The van der Waals surface area contributed by atoms with Gasteiger partial charge < -0.3 is 4.90 Å². The quantitative estimate of drug-likeness (QED) is 0.737. The minimum absolute atomic E-state index is 0.517. The predicted octanol–water partition coefficient (Wildman–Crippen LogP) is 1.14. The third-order valence-electron chi connectivity index (χ3n) is 3.44. The highest BCUT2D eigenvalue weighted by molar-refractivity contribution is 5.82. The first-order chi connectivity index (χ1) is 8.27. The zero-order valence-corrected chi connectivity index (χ0v) is 10.2. The van der Waals surface area contributed by atoms with E-state index in [0.29, 0.717) is 6.04 Å². The number of nitrogens with zero attached hydrogens (tertiary/aromatic N) is 6. The van der Waals surface area contributed by atoms with Crippen LogP contribution >= 0.6 is 0 Å². The fourth-order valence-electron chi connectivity index (χ4n) is 2.46. The van der Waals surface area contributed by atoms with Crippen molar-refractivity contribution in [3.8, 4) is 0 Å². The monoisotopic (exact) mass is 232 g/mol. The van der Waals surface area contributed by atoms with E-state index in [9.17, 15) is 0 Å². The molecule has 1 fully saturated rings. The molecule has 1 aliphatic rings. The molecule has 6 heteroatoms. The number of hydrogen-bond acceptors (Lipinski definition) is 5. The average Bonchev–Trinajstić information content (AvgIpc) is 2.72. The summed E-state index contributed by atoms with van der Waals surface area (Å²) in [5, 5.41) is 8.19. The number of piperidine rings is 1. The van der Waals surface area contributed by atoms with Crippen molar-refractivity contribution in [2.75, 3.05) is 11.4 Å². The van der Waals surface area contributed by atoms with Crippen molar-refractivity contribution >= 4 is 17.0 Å². The number of aromatic nitrogens is 5. The average molecular weight is 232 g/mol. The van der Waals surface area contributed by atoms with Crippen molar-refractivity contribution in [2.24, 2.45) is 7.05 Å². The molecule has 0 bridgehead atoms. The van der Waals surface area contributed by atoms with E-state index in [-0.39, 0.29) is 0 Å². The Hall–Kier alpha value is -1.72. The van der Waals surface area contributed by atoms with E-state index < -0.39 is 0 Å². The van der Waals surface area contributed by atoms with Crippen LogP contribution in [0.4, 0.5) is 5.82 Å². The molecule has 2 aromatic heterocycles. The van der Waals surface area contributed by atoms with E-state index in [1.165, 1.54) is 19.3 Å². The van der Waals surface area contributed by atoms with E-state index in [1.54, 1.807) is 11.0 Å². The Labute approximate surface area is 99.7 Å². The van der Waals surface area contributed by atoms with Gasteiger partial charge in [-0.3, -0.25) is 0 Å². The van der Waals surface area contributed by atoms with E-state index >= 15 is 0 Å². The van der Waals surface area contributed by atoms with Gasteiger partial charge in [-0.2, -0.15) is 0 Å². The standard InChI is InChI=1S/C11H16N6/c1-8-5-3-4-6-17(8)11-9-10(12-7-13-11)16(2)15-14-9/h7-8H,3-6H2,1-2H3/t8-/m1/s1. The fourth-order valence-corrected chi connectivity index (χ4v) is 2.46. The van der Waals surface area contributed by atoms with Crippen molar-refractivity contribution in [3.05, 3.63) is 6.33 Å². The third kappa shape index (κ3) is 1.64. The van der Waals surface area contributed by atoms with Gasteiger partial charge in [0.1, 0.15) is 6.33 Å². The molecule has 0 N–H and O–H groups in total. The molecule has 2 aromatic rings. The molecule has 0 radical (unpaired) electrons. The summed E-state index contributed by atoms with van der Waals surface area (Å²) in [5.41, 5.74) is 1.61. The van der Waals surface area contributed by atoms with E-state index in [0.717, 1.165) is 23.5 Å². The Morgan fingerprint density at radius 2 is 2.18 bits per heavy atom. The van der Waals surface area contributed by atoms with Crippen molar-refractivity contribution < 1.29 is 0 Å². The van der Waals surface area contributed by atoms with E-state index in [1.807, 2.05) is 7.05 Å². The minimum Gasteiger partial charge on any atom is -0.352 e. The van der Waals surface area contributed by atoms with Crippen LogP contribution in [0.25, 0.3) is 11.2 Å². The number of aryl methyl sites for hydroxylation is 1. The summed E-state index contributed by atoms with van der Waals surface area (Å²) < 4.78 is 1.69. The zero-order chi connectivity index (χ0) is 11.8. The van der Waals surface area contributed by atoms with Gasteiger partial charge in [0.05, 0.1) is 0 Å². The zero-order valence-electron chi connectivity index (χ0n) is 10.2. The molecular formula is C11H16N6. The van der Waals surface area contributed by atoms with Crippen LogP contribution in [0.15, 0.2) is 6.33 Å². The van der Waals surface area contributed by atoms with Crippen LogP contribution in [0.5, 0.6) is 0 Å². The topological polar surface area (TPSA) is 59.7 Å². The van der Waals surface area contributed by atoms with Crippen molar-refractivity contribution in [1.29, 1.82) is 0 Å². The lowest BCUT2D eigenvalue weighted by molar-refractivity contribution is 0.482. The smallest absolute Gasteiger partial charge is 0.183 e. The largest absolute Gasteiger partial charge is 0.352 e. The highest BCUT2D eigenvalue weighted by atomic mass is 15.4. The maximum absolute atomic E-state index is 4.39. The summed E-state index contributed by atoms with van der Waals surface area (Å²) in [6, 6.07) is 0.517. The molecule has 1 atom stereocenters. The Morgan fingerprint density at radius 3 is 3.00 bits per heavy atom. The summed E-state index contributed by atoms with van der Waals surface area (Å²) >= 11 is 0. The number of rotatable bonds is 1. The van der Waals surface area contributed by atoms with Crippen LogP contribution in [0.3, 0.4) is 0 Å². The summed E-state index contributed by atoms with van der Waals surface area (Å²) in [5.74, 6) is 0.926. The van der Waals surface area contributed by atoms with Crippen LogP contribution in [-0.2, 0) is 7.05 Å². The summed E-state index contributed by atoms with van der Waals surface area (Å²) in [6.45, 7) is 3.29. The molecule has 6 nitrogen and oxygen atoms in total. The van der Waals surface area contributed by atoms with Gasteiger partial charge in [-0.25, -0.2) is 14.6 Å². The van der Waals surface area contributed by atoms with Gasteiger partial charge in [-0.05, 0) is 26.2 Å². The third-order valence-corrected chi connectivity index (χ3v) is 3.44. The fraction of sp³-hybridized carbons (Fsp3) is 0.636. The molecule has 3 rings (SSSR count). The van der Waals surface area contributed by atoms with E-state index in [4.69, 9.17) is 0 Å². The van der Waals surface area contributed by atoms with Gasteiger partial charge in [0.2, 0.25) is 0 Å². The summed E-state index contributed by atoms with van der Waals surface area (Å²) in [6.07, 6.45) is 5.33. The normalized spacial score (nSPS) is 21.1.